The van der Waals surface area contributed by atoms with Crippen molar-refractivity contribution in [1.82, 2.24) is 10.3 Å². The van der Waals surface area contributed by atoms with Crippen LogP contribution in [0.1, 0.15) is 42.5 Å². The quantitative estimate of drug-likeness (QED) is 0.853. The van der Waals surface area contributed by atoms with Gasteiger partial charge in [-0.2, -0.15) is 0 Å². The summed E-state index contributed by atoms with van der Waals surface area (Å²) < 4.78 is 0. The van der Waals surface area contributed by atoms with Crippen molar-refractivity contribution in [2.75, 3.05) is 6.61 Å². The Labute approximate surface area is 107 Å². The van der Waals surface area contributed by atoms with Crippen LogP contribution in [0.2, 0.25) is 0 Å². The number of nitrogens with zero attached hydrogens (tertiary/aromatic N) is 1. The predicted octanol–water partition coefficient (Wildman–Crippen LogP) is 1.75. The molecule has 1 aliphatic carbocycles. The summed E-state index contributed by atoms with van der Waals surface area (Å²) in [7, 11) is 0. The lowest BCUT2D eigenvalue weighted by Crippen LogP contribution is -2.37. The Hall–Kier alpha value is -1.42. The third-order valence-electron chi connectivity index (χ3n) is 3.64. The van der Waals surface area contributed by atoms with Gasteiger partial charge in [-0.05, 0) is 50.2 Å². The molecule has 0 unspecified atom stereocenters. The standard InChI is InChI=1S/C14H20N2O2/c17-9-7-11-3-5-13(6-4-11)16-14(18)12-2-1-8-15-10-12/h1-2,8,10-11,13,17H,3-7,9H2,(H,16,18). The number of hydrogen-bond acceptors (Lipinski definition) is 3. The molecule has 0 bridgehead atoms. The van der Waals surface area contributed by atoms with Crippen LogP contribution in [0.4, 0.5) is 0 Å². The molecule has 4 nitrogen and oxygen atoms in total. The lowest BCUT2D eigenvalue weighted by Gasteiger charge is -2.28. The maximum Gasteiger partial charge on any atom is 0.253 e. The molecule has 18 heavy (non-hydrogen) atoms. The second kappa shape index (κ2) is 6.50. The Bertz CT molecular complexity index is 373. The number of carbonyl (C=O) groups excluding carboxylic acids is 1. The van der Waals surface area contributed by atoms with Crippen LogP contribution < -0.4 is 5.32 Å². The van der Waals surface area contributed by atoms with E-state index in [0.29, 0.717) is 11.5 Å². The summed E-state index contributed by atoms with van der Waals surface area (Å²) in [4.78, 5) is 15.9. The normalized spacial score (nSPS) is 23.6. The summed E-state index contributed by atoms with van der Waals surface area (Å²) in [6.07, 6.45) is 8.36. The number of nitrogens with one attached hydrogen (secondary N) is 1. The van der Waals surface area contributed by atoms with E-state index in [1.165, 1.54) is 0 Å². The summed E-state index contributed by atoms with van der Waals surface area (Å²) in [5.74, 6) is 0.593. The van der Waals surface area contributed by atoms with Gasteiger partial charge in [-0.3, -0.25) is 9.78 Å². The van der Waals surface area contributed by atoms with Crippen molar-refractivity contribution in [2.24, 2.45) is 5.92 Å². The lowest BCUT2D eigenvalue weighted by molar-refractivity contribution is 0.0918. The average molecular weight is 248 g/mol. The second-order valence-corrected chi connectivity index (χ2v) is 4.95. The highest BCUT2D eigenvalue weighted by Gasteiger charge is 2.22. The minimum atomic E-state index is -0.0336. The number of aromatic nitrogens is 1. The van der Waals surface area contributed by atoms with Gasteiger partial charge in [0.25, 0.3) is 5.91 Å². The highest BCUT2D eigenvalue weighted by atomic mass is 16.3. The molecule has 1 aromatic rings. The van der Waals surface area contributed by atoms with Gasteiger partial charge in [-0.1, -0.05) is 0 Å². The number of rotatable bonds is 4. The molecule has 4 heteroatoms. The van der Waals surface area contributed by atoms with Gasteiger partial charge in [0.15, 0.2) is 0 Å². The van der Waals surface area contributed by atoms with E-state index >= 15 is 0 Å². The zero-order valence-corrected chi connectivity index (χ0v) is 10.5. The predicted molar refractivity (Wildman–Crippen MR) is 69.2 cm³/mol. The Balaban J connectivity index is 1.80. The number of pyridine rings is 1. The fraction of sp³-hybridized carbons (Fsp3) is 0.571. The first-order valence-corrected chi connectivity index (χ1v) is 6.61. The number of carbonyl (C=O) groups is 1. The van der Waals surface area contributed by atoms with Crippen LogP contribution in [0.15, 0.2) is 24.5 Å². The van der Waals surface area contributed by atoms with Crippen LogP contribution in [-0.2, 0) is 0 Å². The fourth-order valence-corrected chi connectivity index (χ4v) is 2.54. The third-order valence-corrected chi connectivity index (χ3v) is 3.64. The van der Waals surface area contributed by atoms with Gasteiger partial charge in [0.05, 0.1) is 5.56 Å². The van der Waals surface area contributed by atoms with E-state index in [2.05, 4.69) is 10.3 Å². The van der Waals surface area contributed by atoms with Crippen molar-refractivity contribution in [2.45, 2.75) is 38.1 Å². The molecular formula is C14H20N2O2. The van der Waals surface area contributed by atoms with E-state index in [1.54, 1.807) is 24.5 Å². The maximum atomic E-state index is 11.9. The molecule has 0 aromatic carbocycles. The zero-order valence-electron chi connectivity index (χ0n) is 10.5. The SMILES string of the molecule is O=C(NC1CCC(CCO)CC1)c1cccnc1. The summed E-state index contributed by atoms with van der Waals surface area (Å²) >= 11 is 0. The molecule has 0 aliphatic heterocycles. The number of aliphatic hydroxyl groups is 1. The fourth-order valence-electron chi connectivity index (χ4n) is 2.54. The molecule has 1 aromatic heterocycles. The van der Waals surface area contributed by atoms with Crippen LogP contribution in [0.3, 0.4) is 0 Å². The van der Waals surface area contributed by atoms with Gasteiger partial charge >= 0.3 is 0 Å². The monoisotopic (exact) mass is 248 g/mol. The molecule has 1 saturated carbocycles. The van der Waals surface area contributed by atoms with Crippen LogP contribution in [-0.4, -0.2) is 28.6 Å². The first kappa shape index (κ1) is 13.0. The molecule has 2 rings (SSSR count). The minimum absolute atomic E-state index is 0.0336. The maximum absolute atomic E-state index is 11.9. The zero-order chi connectivity index (χ0) is 12.8. The van der Waals surface area contributed by atoms with Gasteiger partial charge in [-0.15, -0.1) is 0 Å². The summed E-state index contributed by atoms with van der Waals surface area (Å²) in [5.41, 5.74) is 0.620. The molecule has 0 radical (unpaired) electrons. The molecule has 0 saturated heterocycles. The van der Waals surface area contributed by atoms with Crippen LogP contribution in [0.5, 0.6) is 0 Å². The highest BCUT2D eigenvalue weighted by molar-refractivity contribution is 5.93. The Kier molecular flexibility index (Phi) is 4.70. The van der Waals surface area contributed by atoms with Gasteiger partial charge in [0.1, 0.15) is 0 Å². The molecule has 0 atom stereocenters. The van der Waals surface area contributed by atoms with Crippen LogP contribution in [0, 0.1) is 5.92 Å². The summed E-state index contributed by atoms with van der Waals surface area (Å²) in [6, 6.07) is 3.82. The van der Waals surface area contributed by atoms with Crippen LogP contribution >= 0.6 is 0 Å². The largest absolute Gasteiger partial charge is 0.396 e. The Morgan fingerprint density at radius 1 is 1.39 bits per heavy atom. The molecule has 1 fully saturated rings. The second-order valence-electron chi connectivity index (χ2n) is 4.95. The van der Waals surface area contributed by atoms with Crippen molar-refractivity contribution in [1.29, 1.82) is 0 Å². The molecule has 1 aliphatic rings. The van der Waals surface area contributed by atoms with Crippen molar-refractivity contribution in [3.8, 4) is 0 Å². The average Bonchev–Trinajstić information content (AvgIpc) is 2.42. The third kappa shape index (κ3) is 3.53. The van der Waals surface area contributed by atoms with Gasteiger partial charge in [0, 0.05) is 25.0 Å². The van der Waals surface area contributed by atoms with E-state index < -0.39 is 0 Å². The van der Waals surface area contributed by atoms with E-state index in [9.17, 15) is 4.79 Å². The van der Waals surface area contributed by atoms with E-state index in [4.69, 9.17) is 5.11 Å². The summed E-state index contributed by atoms with van der Waals surface area (Å²) in [5, 5.41) is 12.0. The number of aliphatic hydroxyl groups excluding tert-OH is 1. The molecule has 98 valence electrons. The Morgan fingerprint density at radius 3 is 2.78 bits per heavy atom. The van der Waals surface area contributed by atoms with Gasteiger partial charge in [-0.25, -0.2) is 0 Å². The van der Waals surface area contributed by atoms with Crippen molar-refractivity contribution in [3.63, 3.8) is 0 Å². The lowest BCUT2D eigenvalue weighted by atomic mass is 9.84. The number of hydrogen-bond donors (Lipinski definition) is 2. The minimum Gasteiger partial charge on any atom is -0.396 e. The molecule has 0 spiro atoms. The van der Waals surface area contributed by atoms with Crippen molar-refractivity contribution >= 4 is 5.91 Å². The molecule has 1 heterocycles. The van der Waals surface area contributed by atoms with E-state index in [1.807, 2.05) is 0 Å². The topological polar surface area (TPSA) is 62.2 Å². The van der Waals surface area contributed by atoms with Crippen molar-refractivity contribution in [3.05, 3.63) is 30.1 Å². The smallest absolute Gasteiger partial charge is 0.253 e. The van der Waals surface area contributed by atoms with Crippen molar-refractivity contribution < 1.29 is 9.90 Å². The Morgan fingerprint density at radius 2 is 2.17 bits per heavy atom. The highest BCUT2D eigenvalue weighted by Crippen LogP contribution is 2.26. The molecule has 1 amide bonds. The van der Waals surface area contributed by atoms with E-state index in [0.717, 1.165) is 32.1 Å². The first-order valence-electron chi connectivity index (χ1n) is 6.61. The van der Waals surface area contributed by atoms with Gasteiger partial charge in [0.2, 0.25) is 0 Å². The first-order chi connectivity index (χ1) is 8.79. The van der Waals surface area contributed by atoms with Gasteiger partial charge < -0.3 is 10.4 Å². The molecule has 2 N–H and O–H groups in total. The summed E-state index contributed by atoms with van der Waals surface area (Å²) in [6.45, 7) is 0.275. The van der Waals surface area contributed by atoms with E-state index in [-0.39, 0.29) is 18.6 Å². The number of amides is 1. The molecular weight excluding hydrogens is 228 g/mol. The van der Waals surface area contributed by atoms with Crippen LogP contribution in [0.25, 0.3) is 0 Å².